The third kappa shape index (κ3) is 6.96. The number of nitrogens with one attached hydrogen (secondary N) is 2. The van der Waals surface area contributed by atoms with Gasteiger partial charge in [0.25, 0.3) is 0 Å². The number of hydrogen-bond donors (Lipinski definition) is 2. The second-order valence-electron chi connectivity index (χ2n) is 6.30. The standard InChI is InChI=1S/C15H26N4O3S/c1-10-11(2)23-13(16-10)17-12(20)9-19(7-8-22-6)14(21)18-15(3,4)5/h7-9H2,1-6H3,(H,18,21)(H,16,17,20). The zero-order valence-corrected chi connectivity index (χ0v) is 15.5. The Morgan fingerprint density at radius 2 is 1.96 bits per heavy atom. The number of urea groups is 1. The minimum absolute atomic E-state index is 0.0526. The highest BCUT2D eigenvalue weighted by molar-refractivity contribution is 7.15. The fourth-order valence-electron chi connectivity index (χ4n) is 1.71. The third-order valence-electron chi connectivity index (χ3n) is 2.94. The number of hydrogen-bond acceptors (Lipinski definition) is 5. The van der Waals surface area contributed by atoms with E-state index in [4.69, 9.17) is 4.74 Å². The van der Waals surface area contributed by atoms with Gasteiger partial charge in [0.1, 0.15) is 6.54 Å². The van der Waals surface area contributed by atoms with E-state index < -0.39 is 0 Å². The first-order chi connectivity index (χ1) is 10.6. The van der Waals surface area contributed by atoms with E-state index in [9.17, 15) is 9.59 Å². The van der Waals surface area contributed by atoms with Gasteiger partial charge in [-0.1, -0.05) is 0 Å². The van der Waals surface area contributed by atoms with E-state index in [-0.39, 0.29) is 24.0 Å². The Bertz CT molecular complexity index is 532. The fourth-order valence-corrected chi connectivity index (χ4v) is 2.54. The van der Waals surface area contributed by atoms with Crippen LogP contribution in [0.5, 0.6) is 0 Å². The number of amides is 3. The molecule has 23 heavy (non-hydrogen) atoms. The largest absolute Gasteiger partial charge is 0.383 e. The zero-order chi connectivity index (χ0) is 17.6. The van der Waals surface area contributed by atoms with Crippen LogP contribution in [0.4, 0.5) is 9.93 Å². The van der Waals surface area contributed by atoms with Gasteiger partial charge < -0.3 is 20.3 Å². The lowest BCUT2D eigenvalue weighted by molar-refractivity contribution is -0.116. The number of carbonyl (C=O) groups excluding carboxylic acids is 2. The van der Waals surface area contributed by atoms with E-state index in [1.165, 1.54) is 16.2 Å². The van der Waals surface area contributed by atoms with Crippen molar-refractivity contribution >= 4 is 28.4 Å². The summed E-state index contributed by atoms with van der Waals surface area (Å²) in [7, 11) is 1.56. The highest BCUT2D eigenvalue weighted by Gasteiger charge is 2.22. The Morgan fingerprint density at radius 3 is 2.43 bits per heavy atom. The van der Waals surface area contributed by atoms with Crippen LogP contribution in [0.25, 0.3) is 0 Å². The molecule has 2 N–H and O–H groups in total. The van der Waals surface area contributed by atoms with E-state index >= 15 is 0 Å². The van der Waals surface area contributed by atoms with Crippen molar-refractivity contribution in [1.82, 2.24) is 15.2 Å². The molecule has 130 valence electrons. The van der Waals surface area contributed by atoms with Crippen LogP contribution < -0.4 is 10.6 Å². The average molecular weight is 342 g/mol. The van der Waals surface area contributed by atoms with Crippen molar-refractivity contribution in [3.05, 3.63) is 10.6 Å². The first-order valence-electron chi connectivity index (χ1n) is 7.42. The van der Waals surface area contributed by atoms with Crippen molar-refractivity contribution in [1.29, 1.82) is 0 Å². The molecule has 0 radical (unpaired) electrons. The molecule has 0 aliphatic rings. The molecule has 0 aromatic carbocycles. The minimum Gasteiger partial charge on any atom is -0.383 e. The van der Waals surface area contributed by atoms with Gasteiger partial charge in [0.05, 0.1) is 12.3 Å². The molecule has 0 unspecified atom stereocenters. The van der Waals surface area contributed by atoms with Gasteiger partial charge >= 0.3 is 6.03 Å². The predicted octanol–water partition coefficient (Wildman–Crippen LogP) is 2.15. The average Bonchev–Trinajstić information content (AvgIpc) is 2.70. The molecule has 8 heteroatoms. The van der Waals surface area contributed by atoms with Crippen molar-refractivity contribution in [2.75, 3.05) is 32.1 Å². The minimum atomic E-state index is -0.373. The summed E-state index contributed by atoms with van der Waals surface area (Å²) in [6, 6.07) is -0.295. The van der Waals surface area contributed by atoms with Crippen LogP contribution in [0.3, 0.4) is 0 Å². The quantitative estimate of drug-likeness (QED) is 0.830. The van der Waals surface area contributed by atoms with Crippen molar-refractivity contribution in [2.24, 2.45) is 0 Å². The lowest BCUT2D eigenvalue weighted by Crippen LogP contribution is -2.51. The van der Waals surface area contributed by atoms with Crippen molar-refractivity contribution in [2.45, 2.75) is 40.2 Å². The van der Waals surface area contributed by atoms with Crippen molar-refractivity contribution in [3.63, 3.8) is 0 Å². The SMILES string of the molecule is COCCN(CC(=O)Nc1nc(C)c(C)s1)C(=O)NC(C)(C)C. The van der Waals surface area contributed by atoms with Crippen LogP contribution in [0.2, 0.25) is 0 Å². The van der Waals surface area contributed by atoms with Gasteiger partial charge in [-0.15, -0.1) is 11.3 Å². The Hall–Kier alpha value is -1.67. The Balaban J connectivity index is 2.67. The molecule has 0 saturated heterocycles. The van der Waals surface area contributed by atoms with Gasteiger partial charge in [-0.3, -0.25) is 4.79 Å². The third-order valence-corrected chi connectivity index (χ3v) is 3.93. The number of aryl methyl sites for hydroxylation is 2. The molecule has 0 spiro atoms. The second kappa shape index (κ2) is 8.26. The fraction of sp³-hybridized carbons (Fsp3) is 0.667. The lowest BCUT2D eigenvalue weighted by Gasteiger charge is -2.27. The monoisotopic (exact) mass is 342 g/mol. The Morgan fingerprint density at radius 1 is 1.30 bits per heavy atom. The van der Waals surface area contributed by atoms with Gasteiger partial charge in [0.15, 0.2) is 5.13 Å². The molecular weight excluding hydrogens is 316 g/mol. The maximum Gasteiger partial charge on any atom is 0.318 e. The summed E-state index contributed by atoms with van der Waals surface area (Å²) in [6.45, 7) is 10.2. The lowest BCUT2D eigenvalue weighted by atomic mass is 10.1. The Labute approximate surface area is 141 Å². The molecule has 0 aliphatic heterocycles. The van der Waals surface area contributed by atoms with Crippen molar-refractivity contribution < 1.29 is 14.3 Å². The summed E-state index contributed by atoms with van der Waals surface area (Å²) in [5, 5.41) is 6.13. The number of carbonyl (C=O) groups is 2. The topological polar surface area (TPSA) is 83.6 Å². The number of ether oxygens (including phenoxy) is 1. The molecule has 0 fully saturated rings. The molecule has 0 bridgehead atoms. The number of aromatic nitrogens is 1. The van der Waals surface area contributed by atoms with Crippen LogP contribution in [0.15, 0.2) is 0 Å². The maximum atomic E-state index is 12.3. The first-order valence-corrected chi connectivity index (χ1v) is 8.24. The molecule has 1 aromatic rings. The number of nitrogens with zero attached hydrogens (tertiary/aromatic N) is 2. The molecule has 1 heterocycles. The molecule has 0 saturated carbocycles. The van der Waals surface area contributed by atoms with Gasteiger partial charge in [0.2, 0.25) is 5.91 Å². The zero-order valence-electron chi connectivity index (χ0n) is 14.6. The van der Waals surface area contributed by atoms with Gasteiger partial charge in [-0.2, -0.15) is 0 Å². The van der Waals surface area contributed by atoms with E-state index in [1.54, 1.807) is 7.11 Å². The summed E-state index contributed by atoms with van der Waals surface area (Å²) in [5.74, 6) is -0.279. The smallest absolute Gasteiger partial charge is 0.318 e. The molecule has 7 nitrogen and oxygen atoms in total. The summed E-state index contributed by atoms with van der Waals surface area (Å²) in [5.41, 5.74) is 0.523. The Kier molecular flexibility index (Phi) is 6.96. The van der Waals surface area contributed by atoms with Crippen LogP contribution in [0, 0.1) is 13.8 Å². The highest BCUT2D eigenvalue weighted by Crippen LogP contribution is 2.20. The van der Waals surface area contributed by atoms with Crippen LogP contribution >= 0.6 is 11.3 Å². The molecule has 0 atom stereocenters. The molecule has 0 aliphatic carbocycles. The van der Waals surface area contributed by atoms with Gasteiger partial charge in [-0.05, 0) is 34.6 Å². The first kappa shape index (κ1) is 19.4. The van der Waals surface area contributed by atoms with Gasteiger partial charge in [0, 0.05) is 24.1 Å². The molecule has 1 aromatic heterocycles. The van der Waals surface area contributed by atoms with E-state index in [2.05, 4.69) is 15.6 Å². The van der Waals surface area contributed by atoms with Crippen molar-refractivity contribution in [3.8, 4) is 0 Å². The van der Waals surface area contributed by atoms with E-state index in [0.717, 1.165) is 10.6 Å². The van der Waals surface area contributed by atoms with Crippen LogP contribution in [0.1, 0.15) is 31.3 Å². The van der Waals surface area contributed by atoms with Gasteiger partial charge in [-0.25, -0.2) is 9.78 Å². The number of anilines is 1. The number of rotatable bonds is 6. The molecule has 1 rings (SSSR count). The summed E-state index contributed by atoms with van der Waals surface area (Å²) in [4.78, 5) is 31.2. The number of methoxy groups -OCH3 is 1. The normalized spacial score (nSPS) is 11.2. The predicted molar refractivity (Wildman–Crippen MR) is 92.0 cm³/mol. The summed E-state index contributed by atoms with van der Waals surface area (Å²) >= 11 is 1.42. The molecule has 3 amide bonds. The van der Waals surface area contributed by atoms with Crippen LogP contribution in [-0.4, -0.2) is 54.2 Å². The summed E-state index contributed by atoms with van der Waals surface area (Å²) in [6.07, 6.45) is 0. The summed E-state index contributed by atoms with van der Waals surface area (Å²) < 4.78 is 5.01. The maximum absolute atomic E-state index is 12.3. The second-order valence-corrected chi connectivity index (χ2v) is 7.51. The van der Waals surface area contributed by atoms with E-state index in [1.807, 2.05) is 34.6 Å². The van der Waals surface area contributed by atoms with Crippen LogP contribution in [-0.2, 0) is 9.53 Å². The highest BCUT2D eigenvalue weighted by atomic mass is 32.1. The number of thiazole rings is 1. The van der Waals surface area contributed by atoms with E-state index in [0.29, 0.717) is 18.3 Å². The molecular formula is C15H26N4O3S.